The molecule has 3 heterocycles. The van der Waals surface area contributed by atoms with Crippen molar-refractivity contribution in [1.29, 1.82) is 0 Å². The van der Waals surface area contributed by atoms with Gasteiger partial charge < -0.3 is 76.5 Å². The van der Waals surface area contributed by atoms with E-state index in [9.17, 15) is 25.5 Å². The van der Waals surface area contributed by atoms with Crippen LogP contribution in [0.3, 0.4) is 0 Å². The minimum Gasteiger partial charge on any atom is -0.395 e. The van der Waals surface area contributed by atoms with Gasteiger partial charge in [-0.3, -0.25) is 0 Å². The van der Waals surface area contributed by atoms with E-state index in [1.807, 2.05) is 0 Å². The lowest BCUT2D eigenvalue weighted by atomic mass is 9.83. The van der Waals surface area contributed by atoms with E-state index in [0.717, 1.165) is 12.8 Å². The molecule has 234 valence electrons. The molecule has 13 atom stereocenters. The Morgan fingerprint density at radius 1 is 0.825 bits per heavy atom. The van der Waals surface area contributed by atoms with E-state index in [1.54, 1.807) is 0 Å². The van der Waals surface area contributed by atoms with Crippen molar-refractivity contribution in [2.75, 3.05) is 33.0 Å². The molecule has 0 aromatic carbocycles. The first-order valence-electron chi connectivity index (χ1n) is 14.3. The second-order valence-electron chi connectivity index (χ2n) is 11.1. The summed E-state index contributed by atoms with van der Waals surface area (Å²) in [4.78, 5) is 0. The van der Waals surface area contributed by atoms with Crippen LogP contribution in [0.25, 0.3) is 0 Å². The molecule has 12 N–H and O–H groups in total. The molecule has 0 spiro atoms. The zero-order valence-electron chi connectivity index (χ0n) is 22.8. The molecule has 1 aliphatic carbocycles. The summed E-state index contributed by atoms with van der Waals surface area (Å²) in [6, 6.07) is -2.56. The Morgan fingerprint density at radius 2 is 1.57 bits per heavy atom. The van der Waals surface area contributed by atoms with Crippen molar-refractivity contribution in [2.24, 2.45) is 17.2 Å². The highest BCUT2D eigenvalue weighted by Crippen LogP contribution is 2.34. The summed E-state index contributed by atoms with van der Waals surface area (Å²) in [5, 5.41) is 54.7. The third kappa shape index (κ3) is 7.67. The van der Waals surface area contributed by atoms with Crippen LogP contribution in [0.1, 0.15) is 38.5 Å². The molecule has 15 nitrogen and oxygen atoms in total. The minimum atomic E-state index is -1.32. The summed E-state index contributed by atoms with van der Waals surface area (Å²) in [5.41, 5.74) is 18.6. The van der Waals surface area contributed by atoms with Gasteiger partial charge in [0.15, 0.2) is 18.9 Å². The van der Waals surface area contributed by atoms with Gasteiger partial charge >= 0.3 is 0 Å². The summed E-state index contributed by atoms with van der Waals surface area (Å²) in [6.07, 6.45) is -5.47. The molecule has 40 heavy (non-hydrogen) atoms. The van der Waals surface area contributed by atoms with E-state index in [1.165, 1.54) is 0 Å². The zero-order chi connectivity index (χ0) is 28.8. The molecule has 4 fully saturated rings. The monoisotopic (exact) mass is 580 g/mol. The first kappa shape index (κ1) is 32.3. The number of rotatable bonds is 12. The van der Waals surface area contributed by atoms with Crippen molar-refractivity contribution < 1.29 is 54.0 Å². The maximum absolute atomic E-state index is 11.4. The Balaban J connectivity index is 1.52. The highest BCUT2D eigenvalue weighted by Gasteiger charge is 2.52. The SMILES string of the molecule is NC[C@@H]1CC[C@@H](N)C(O[C@H]2C(O[C@@H]3O[C@H](CO)[C@@H](O[C@@H]4CCCCO4)[C@H]3O)[C@@H](O)[C@H](NC(CO)CO)C[C@@H]2N)O1. The molecule has 0 radical (unpaired) electrons. The Hall–Kier alpha value is -0.600. The Kier molecular flexibility index (Phi) is 12.3. The lowest BCUT2D eigenvalue weighted by molar-refractivity contribution is -0.288. The maximum atomic E-state index is 11.4. The van der Waals surface area contributed by atoms with E-state index < -0.39 is 86.3 Å². The van der Waals surface area contributed by atoms with Gasteiger partial charge in [-0.15, -0.1) is 0 Å². The molecule has 4 aliphatic rings. The highest BCUT2D eigenvalue weighted by atomic mass is 16.8. The van der Waals surface area contributed by atoms with Crippen molar-refractivity contribution >= 4 is 0 Å². The molecule has 15 heteroatoms. The first-order chi connectivity index (χ1) is 19.3. The fourth-order valence-electron chi connectivity index (χ4n) is 5.82. The summed E-state index contributed by atoms with van der Waals surface area (Å²) < 4.78 is 35.8. The lowest BCUT2D eigenvalue weighted by Crippen LogP contribution is -2.67. The average molecular weight is 581 g/mol. The van der Waals surface area contributed by atoms with Crippen LogP contribution in [-0.4, -0.2) is 144 Å². The molecule has 1 saturated carbocycles. The van der Waals surface area contributed by atoms with Gasteiger partial charge in [0.25, 0.3) is 0 Å². The smallest absolute Gasteiger partial charge is 0.187 e. The number of aliphatic hydroxyl groups is 5. The van der Waals surface area contributed by atoms with Crippen LogP contribution in [0.15, 0.2) is 0 Å². The zero-order valence-corrected chi connectivity index (χ0v) is 22.8. The fraction of sp³-hybridized carbons (Fsp3) is 1.00. The molecule has 0 amide bonds. The molecule has 4 rings (SSSR count). The van der Waals surface area contributed by atoms with Crippen LogP contribution < -0.4 is 22.5 Å². The van der Waals surface area contributed by atoms with Crippen molar-refractivity contribution in [2.45, 2.75) is 124 Å². The topological polar surface area (TPSA) is 247 Å². The Morgan fingerprint density at radius 3 is 2.23 bits per heavy atom. The molecule has 2 unspecified atom stereocenters. The maximum Gasteiger partial charge on any atom is 0.187 e. The van der Waals surface area contributed by atoms with E-state index in [0.29, 0.717) is 25.9 Å². The van der Waals surface area contributed by atoms with Crippen molar-refractivity contribution in [1.82, 2.24) is 5.32 Å². The van der Waals surface area contributed by atoms with Crippen molar-refractivity contribution in [3.8, 4) is 0 Å². The molecule has 0 aromatic rings. The van der Waals surface area contributed by atoms with Gasteiger partial charge in [0.1, 0.15) is 30.5 Å². The summed E-state index contributed by atoms with van der Waals surface area (Å²) in [7, 11) is 0. The number of aliphatic hydroxyl groups excluding tert-OH is 5. The molecule has 0 aromatic heterocycles. The number of ether oxygens (including phenoxy) is 6. The molecule has 3 saturated heterocycles. The van der Waals surface area contributed by atoms with Gasteiger partial charge in [-0.1, -0.05) is 0 Å². The van der Waals surface area contributed by atoms with Gasteiger partial charge in [-0.05, 0) is 38.5 Å². The second-order valence-corrected chi connectivity index (χ2v) is 11.1. The Labute approximate surface area is 234 Å². The van der Waals surface area contributed by atoms with Crippen molar-refractivity contribution in [3.63, 3.8) is 0 Å². The van der Waals surface area contributed by atoms with Gasteiger partial charge in [0, 0.05) is 25.2 Å². The number of nitrogens with one attached hydrogen (secondary N) is 1. The third-order valence-electron chi connectivity index (χ3n) is 8.17. The van der Waals surface area contributed by atoms with Crippen molar-refractivity contribution in [3.05, 3.63) is 0 Å². The largest absolute Gasteiger partial charge is 0.395 e. The molecule has 3 aliphatic heterocycles. The number of hydrogen-bond donors (Lipinski definition) is 9. The second kappa shape index (κ2) is 15.2. The average Bonchev–Trinajstić information content (AvgIpc) is 3.26. The highest BCUT2D eigenvalue weighted by molar-refractivity contribution is 5.02. The summed E-state index contributed by atoms with van der Waals surface area (Å²) in [5.74, 6) is 0. The van der Waals surface area contributed by atoms with Crippen LogP contribution in [0.2, 0.25) is 0 Å². The van der Waals surface area contributed by atoms with E-state index in [-0.39, 0.29) is 32.3 Å². The fourth-order valence-corrected chi connectivity index (χ4v) is 5.82. The van der Waals surface area contributed by atoms with Crippen LogP contribution in [-0.2, 0) is 28.4 Å². The minimum absolute atomic E-state index is 0.211. The first-order valence-corrected chi connectivity index (χ1v) is 14.3. The van der Waals surface area contributed by atoms with E-state index in [4.69, 9.17) is 45.6 Å². The number of nitrogens with two attached hydrogens (primary N) is 3. The Bertz CT molecular complexity index is 750. The van der Waals surface area contributed by atoms with Crippen LogP contribution in [0.5, 0.6) is 0 Å². The van der Waals surface area contributed by atoms with E-state index in [2.05, 4.69) is 5.32 Å². The van der Waals surface area contributed by atoms with Crippen LogP contribution in [0, 0.1) is 0 Å². The standard InChI is InChI=1S/C25H48N4O11/c26-8-13-4-5-14(27)24(36-13)39-21-15(28)7-16(29-12(9-30)10-31)19(33)23(21)40-25-20(34)22(17(11-32)37-25)38-18-3-1-2-6-35-18/h12-25,29-34H,1-11,26-28H2/t13-,14+,15-,16+,17+,18+,19-,20+,21+,22+,23?,24?,25-/m0/s1. The quantitative estimate of drug-likeness (QED) is 0.107. The molecular formula is C25H48N4O11. The van der Waals surface area contributed by atoms with Gasteiger partial charge in [0.2, 0.25) is 0 Å². The predicted octanol–water partition coefficient (Wildman–Crippen LogP) is -4.06. The van der Waals surface area contributed by atoms with Crippen LogP contribution in [0.4, 0.5) is 0 Å². The third-order valence-corrected chi connectivity index (χ3v) is 8.17. The van der Waals surface area contributed by atoms with Gasteiger partial charge in [-0.2, -0.15) is 0 Å². The van der Waals surface area contributed by atoms with Crippen LogP contribution >= 0.6 is 0 Å². The summed E-state index contributed by atoms with van der Waals surface area (Å²) >= 11 is 0. The lowest BCUT2D eigenvalue weighted by Gasteiger charge is -2.47. The molecular weight excluding hydrogens is 532 g/mol. The molecule has 0 bridgehead atoms. The van der Waals surface area contributed by atoms with E-state index >= 15 is 0 Å². The van der Waals surface area contributed by atoms with Gasteiger partial charge in [-0.25, -0.2) is 0 Å². The number of hydrogen-bond acceptors (Lipinski definition) is 15. The predicted molar refractivity (Wildman–Crippen MR) is 138 cm³/mol. The summed E-state index contributed by atoms with van der Waals surface area (Å²) in [6.45, 7) is -0.340. The normalized spacial score (nSPS) is 44.8. The van der Waals surface area contributed by atoms with Gasteiger partial charge in [0.05, 0.1) is 44.1 Å².